The zero-order valence-electron chi connectivity index (χ0n) is 11.3. The standard InChI is InChI=1S/C12H22N2O4S/c1-19(17,18)14-6-2-3-11(14)12(16)13-7-4-10(9-13)5-8-15/h10-11,15H,2-9H2,1H3. The van der Waals surface area contributed by atoms with E-state index in [1.54, 1.807) is 4.90 Å². The molecule has 2 unspecified atom stereocenters. The molecule has 110 valence electrons. The molecule has 2 aliphatic heterocycles. The minimum Gasteiger partial charge on any atom is -0.396 e. The zero-order chi connectivity index (χ0) is 14.0. The molecular formula is C12H22N2O4S. The lowest BCUT2D eigenvalue weighted by Gasteiger charge is -2.26. The highest BCUT2D eigenvalue weighted by atomic mass is 32.2. The maximum absolute atomic E-state index is 12.4. The summed E-state index contributed by atoms with van der Waals surface area (Å²) in [4.78, 5) is 14.2. The average Bonchev–Trinajstić information content (AvgIpc) is 2.95. The average molecular weight is 290 g/mol. The number of nitrogens with zero attached hydrogens (tertiary/aromatic N) is 2. The van der Waals surface area contributed by atoms with Crippen molar-refractivity contribution < 1.29 is 18.3 Å². The summed E-state index contributed by atoms with van der Waals surface area (Å²) in [5.41, 5.74) is 0. The van der Waals surface area contributed by atoms with Crippen molar-refractivity contribution in [3.05, 3.63) is 0 Å². The van der Waals surface area contributed by atoms with Gasteiger partial charge in [-0.15, -0.1) is 0 Å². The van der Waals surface area contributed by atoms with E-state index in [0.717, 1.165) is 19.1 Å². The van der Waals surface area contributed by atoms with E-state index in [9.17, 15) is 13.2 Å². The smallest absolute Gasteiger partial charge is 0.241 e. The maximum Gasteiger partial charge on any atom is 0.241 e. The van der Waals surface area contributed by atoms with Crippen LogP contribution < -0.4 is 0 Å². The van der Waals surface area contributed by atoms with Crippen LogP contribution in [0.5, 0.6) is 0 Å². The van der Waals surface area contributed by atoms with E-state index in [2.05, 4.69) is 0 Å². The molecule has 2 aliphatic rings. The number of likely N-dealkylation sites (tertiary alicyclic amines) is 1. The topological polar surface area (TPSA) is 77.9 Å². The van der Waals surface area contributed by atoms with Crippen molar-refractivity contribution >= 4 is 15.9 Å². The number of hydrogen-bond donors (Lipinski definition) is 1. The fraction of sp³-hybridized carbons (Fsp3) is 0.917. The van der Waals surface area contributed by atoms with E-state index in [4.69, 9.17) is 5.11 Å². The van der Waals surface area contributed by atoms with Crippen LogP contribution >= 0.6 is 0 Å². The van der Waals surface area contributed by atoms with E-state index in [1.165, 1.54) is 4.31 Å². The second kappa shape index (κ2) is 5.76. The maximum atomic E-state index is 12.4. The lowest BCUT2D eigenvalue weighted by molar-refractivity contribution is -0.133. The highest BCUT2D eigenvalue weighted by Crippen LogP contribution is 2.26. The fourth-order valence-electron chi connectivity index (χ4n) is 3.05. The Morgan fingerprint density at radius 1 is 1.32 bits per heavy atom. The van der Waals surface area contributed by atoms with E-state index in [-0.39, 0.29) is 12.5 Å². The highest BCUT2D eigenvalue weighted by Gasteiger charge is 2.40. The van der Waals surface area contributed by atoms with Gasteiger partial charge in [-0.05, 0) is 31.6 Å². The number of hydrogen-bond acceptors (Lipinski definition) is 4. The predicted octanol–water partition coefficient (Wildman–Crippen LogP) is -0.359. The Kier molecular flexibility index (Phi) is 4.47. The van der Waals surface area contributed by atoms with E-state index < -0.39 is 16.1 Å². The summed E-state index contributed by atoms with van der Waals surface area (Å²) >= 11 is 0. The fourth-order valence-corrected chi connectivity index (χ4v) is 4.16. The molecule has 1 amide bonds. The monoisotopic (exact) mass is 290 g/mol. The van der Waals surface area contributed by atoms with Crippen molar-refractivity contribution in [2.45, 2.75) is 31.7 Å². The van der Waals surface area contributed by atoms with E-state index >= 15 is 0 Å². The molecule has 2 saturated heterocycles. The summed E-state index contributed by atoms with van der Waals surface area (Å²) in [6.45, 7) is 1.92. The summed E-state index contributed by atoms with van der Waals surface area (Å²) in [5.74, 6) is 0.283. The Morgan fingerprint density at radius 3 is 2.68 bits per heavy atom. The van der Waals surface area contributed by atoms with Crippen LogP contribution in [0.15, 0.2) is 0 Å². The number of carbonyl (C=O) groups is 1. The Morgan fingerprint density at radius 2 is 2.05 bits per heavy atom. The molecule has 0 aromatic heterocycles. The molecule has 0 spiro atoms. The van der Waals surface area contributed by atoms with Gasteiger partial charge in [0.25, 0.3) is 0 Å². The Labute approximate surface area is 114 Å². The lowest BCUT2D eigenvalue weighted by Crippen LogP contribution is -2.46. The van der Waals surface area contributed by atoms with Crippen LogP contribution in [-0.2, 0) is 14.8 Å². The van der Waals surface area contributed by atoms with Gasteiger partial charge in [-0.2, -0.15) is 4.31 Å². The van der Waals surface area contributed by atoms with Crippen molar-refractivity contribution in [1.29, 1.82) is 0 Å². The van der Waals surface area contributed by atoms with Crippen molar-refractivity contribution in [3.63, 3.8) is 0 Å². The number of rotatable bonds is 4. The van der Waals surface area contributed by atoms with Gasteiger partial charge in [0.2, 0.25) is 15.9 Å². The number of sulfonamides is 1. The number of aliphatic hydroxyl groups excluding tert-OH is 1. The van der Waals surface area contributed by atoms with Gasteiger partial charge in [-0.3, -0.25) is 4.79 Å². The van der Waals surface area contributed by atoms with Crippen LogP contribution in [-0.4, -0.2) is 67.2 Å². The molecule has 2 heterocycles. The molecule has 0 aromatic carbocycles. The molecule has 2 rings (SSSR count). The van der Waals surface area contributed by atoms with Crippen LogP contribution in [0.3, 0.4) is 0 Å². The molecule has 6 nitrogen and oxygen atoms in total. The lowest BCUT2D eigenvalue weighted by atomic mass is 10.1. The first-order valence-electron chi connectivity index (χ1n) is 6.80. The van der Waals surface area contributed by atoms with Gasteiger partial charge < -0.3 is 10.0 Å². The SMILES string of the molecule is CS(=O)(=O)N1CCCC1C(=O)N1CCC(CCO)C1. The molecule has 2 atom stereocenters. The van der Waals surface area contributed by atoms with Gasteiger partial charge in [0.15, 0.2) is 0 Å². The van der Waals surface area contributed by atoms with Crippen LogP contribution in [0.4, 0.5) is 0 Å². The molecule has 2 fully saturated rings. The largest absolute Gasteiger partial charge is 0.396 e. The van der Waals surface area contributed by atoms with Gasteiger partial charge >= 0.3 is 0 Å². The number of amides is 1. The normalized spacial score (nSPS) is 29.1. The Balaban J connectivity index is 2.00. The Hall–Kier alpha value is -0.660. The second-order valence-electron chi connectivity index (χ2n) is 5.48. The van der Waals surface area contributed by atoms with Crippen LogP contribution in [0.25, 0.3) is 0 Å². The minimum atomic E-state index is -3.30. The van der Waals surface area contributed by atoms with Crippen molar-refractivity contribution in [3.8, 4) is 0 Å². The van der Waals surface area contributed by atoms with E-state index in [1.807, 2.05) is 0 Å². The van der Waals surface area contributed by atoms with Crippen molar-refractivity contribution in [2.75, 3.05) is 32.5 Å². The second-order valence-corrected chi connectivity index (χ2v) is 7.42. The first-order chi connectivity index (χ1) is 8.93. The molecule has 1 N–H and O–H groups in total. The molecule has 0 radical (unpaired) electrons. The van der Waals surface area contributed by atoms with Crippen molar-refractivity contribution in [1.82, 2.24) is 9.21 Å². The molecule has 0 aromatic rings. The van der Waals surface area contributed by atoms with Crippen LogP contribution in [0.2, 0.25) is 0 Å². The van der Waals surface area contributed by atoms with Crippen LogP contribution in [0.1, 0.15) is 25.7 Å². The van der Waals surface area contributed by atoms with Gasteiger partial charge in [0, 0.05) is 26.2 Å². The number of aliphatic hydroxyl groups is 1. The van der Waals surface area contributed by atoms with Gasteiger partial charge in [0.05, 0.1) is 6.26 Å². The van der Waals surface area contributed by atoms with Gasteiger partial charge in [-0.1, -0.05) is 0 Å². The quantitative estimate of drug-likeness (QED) is 0.767. The minimum absolute atomic E-state index is 0.0663. The van der Waals surface area contributed by atoms with Crippen molar-refractivity contribution in [2.24, 2.45) is 5.92 Å². The Bertz CT molecular complexity index is 437. The summed E-state index contributed by atoms with van der Waals surface area (Å²) in [5, 5.41) is 8.92. The third kappa shape index (κ3) is 3.27. The van der Waals surface area contributed by atoms with Gasteiger partial charge in [-0.25, -0.2) is 8.42 Å². The highest BCUT2D eigenvalue weighted by molar-refractivity contribution is 7.88. The summed E-state index contributed by atoms with van der Waals surface area (Å²) < 4.78 is 24.6. The predicted molar refractivity (Wildman–Crippen MR) is 71.0 cm³/mol. The molecule has 7 heteroatoms. The third-order valence-corrected chi connectivity index (χ3v) is 5.34. The summed E-state index contributed by atoms with van der Waals surface area (Å²) in [6, 6.07) is -0.511. The molecule has 19 heavy (non-hydrogen) atoms. The van der Waals surface area contributed by atoms with E-state index in [0.29, 0.717) is 38.4 Å². The summed E-state index contributed by atoms with van der Waals surface area (Å²) in [7, 11) is -3.30. The molecule has 0 bridgehead atoms. The summed E-state index contributed by atoms with van der Waals surface area (Å²) in [6.07, 6.45) is 4.14. The van der Waals surface area contributed by atoms with Crippen LogP contribution in [0, 0.1) is 5.92 Å². The molecular weight excluding hydrogens is 268 g/mol. The third-order valence-electron chi connectivity index (χ3n) is 4.05. The van der Waals surface area contributed by atoms with Gasteiger partial charge in [0.1, 0.15) is 6.04 Å². The molecule has 0 saturated carbocycles. The number of carbonyl (C=O) groups excluding carboxylic acids is 1. The molecule has 0 aliphatic carbocycles. The zero-order valence-corrected chi connectivity index (χ0v) is 12.1. The first-order valence-corrected chi connectivity index (χ1v) is 8.64. The first kappa shape index (κ1) is 14.7.